The summed E-state index contributed by atoms with van der Waals surface area (Å²) >= 11 is 3.52. The Balaban J connectivity index is 1.73. The second-order valence-corrected chi connectivity index (χ2v) is 7.00. The first-order chi connectivity index (χ1) is 12.0. The molecule has 0 aliphatic carbocycles. The minimum Gasteiger partial charge on any atom is -0.366 e. The fraction of sp³-hybridized carbons (Fsp3) is 0.200. The van der Waals surface area contributed by atoms with Crippen molar-refractivity contribution in [2.45, 2.75) is 27.3 Å². The van der Waals surface area contributed by atoms with Crippen LogP contribution in [0.3, 0.4) is 0 Å². The number of nitrogens with zero attached hydrogens (tertiary/aromatic N) is 2. The molecule has 0 unspecified atom stereocenters. The van der Waals surface area contributed by atoms with Crippen LogP contribution in [-0.2, 0) is 6.54 Å². The lowest BCUT2D eigenvalue weighted by molar-refractivity contribution is 1.06. The molecule has 0 radical (unpaired) electrons. The van der Waals surface area contributed by atoms with Gasteiger partial charge in [-0.15, -0.1) is 0 Å². The summed E-state index contributed by atoms with van der Waals surface area (Å²) in [6, 6.07) is 16.5. The van der Waals surface area contributed by atoms with Crippen LogP contribution in [0, 0.1) is 20.8 Å². The first-order valence-electron chi connectivity index (χ1n) is 8.18. The van der Waals surface area contributed by atoms with E-state index in [1.165, 1.54) is 11.1 Å². The van der Waals surface area contributed by atoms with E-state index in [4.69, 9.17) is 0 Å². The maximum atomic E-state index is 4.57. The third-order valence-electron chi connectivity index (χ3n) is 3.86. The van der Waals surface area contributed by atoms with Crippen molar-refractivity contribution in [3.05, 3.63) is 75.4 Å². The number of aromatic nitrogens is 2. The number of benzene rings is 2. The van der Waals surface area contributed by atoms with Gasteiger partial charge in [0.05, 0.1) is 0 Å². The maximum Gasteiger partial charge on any atom is 0.229 e. The zero-order chi connectivity index (χ0) is 17.8. The molecule has 5 heteroatoms. The van der Waals surface area contributed by atoms with Gasteiger partial charge in [-0.1, -0.05) is 45.8 Å². The van der Waals surface area contributed by atoms with Gasteiger partial charge < -0.3 is 10.6 Å². The van der Waals surface area contributed by atoms with Crippen molar-refractivity contribution in [1.82, 2.24) is 9.97 Å². The van der Waals surface area contributed by atoms with Crippen molar-refractivity contribution in [2.75, 3.05) is 10.6 Å². The van der Waals surface area contributed by atoms with Crippen LogP contribution < -0.4 is 10.6 Å². The predicted molar refractivity (Wildman–Crippen MR) is 107 cm³/mol. The molecule has 0 aliphatic heterocycles. The van der Waals surface area contributed by atoms with E-state index in [-0.39, 0.29) is 0 Å². The quantitative estimate of drug-likeness (QED) is 0.595. The second kappa shape index (κ2) is 7.66. The SMILES string of the molecule is Cc1ccc(CNc2cc(C)nc(Nc3ccc(Br)c(C)c3)n2)cc1. The third-order valence-corrected chi connectivity index (χ3v) is 4.75. The molecule has 2 aromatic carbocycles. The minimum atomic E-state index is 0.591. The van der Waals surface area contributed by atoms with Crippen LogP contribution >= 0.6 is 15.9 Å². The van der Waals surface area contributed by atoms with Gasteiger partial charge in [-0.05, 0) is 50.1 Å². The van der Waals surface area contributed by atoms with Crippen molar-refractivity contribution in [2.24, 2.45) is 0 Å². The largest absolute Gasteiger partial charge is 0.366 e. The van der Waals surface area contributed by atoms with Crippen LogP contribution in [0.1, 0.15) is 22.4 Å². The van der Waals surface area contributed by atoms with Crippen molar-refractivity contribution in [1.29, 1.82) is 0 Å². The highest BCUT2D eigenvalue weighted by Crippen LogP contribution is 2.22. The van der Waals surface area contributed by atoms with E-state index in [2.05, 4.69) is 80.7 Å². The Kier molecular flexibility index (Phi) is 5.34. The number of nitrogens with one attached hydrogen (secondary N) is 2. The van der Waals surface area contributed by atoms with E-state index in [1.54, 1.807) is 0 Å². The van der Waals surface area contributed by atoms with E-state index in [9.17, 15) is 0 Å². The van der Waals surface area contributed by atoms with Crippen molar-refractivity contribution in [3.63, 3.8) is 0 Å². The lowest BCUT2D eigenvalue weighted by Crippen LogP contribution is -2.05. The van der Waals surface area contributed by atoms with Crippen LogP contribution in [-0.4, -0.2) is 9.97 Å². The van der Waals surface area contributed by atoms with Gasteiger partial charge in [-0.25, -0.2) is 4.98 Å². The number of rotatable bonds is 5. The number of anilines is 3. The van der Waals surface area contributed by atoms with Crippen molar-refractivity contribution in [3.8, 4) is 0 Å². The van der Waals surface area contributed by atoms with Crippen LogP contribution in [0.5, 0.6) is 0 Å². The van der Waals surface area contributed by atoms with Crippen molar-refractivity contribution >= 4 is 33.4 Å². The van der Waals surface area contributed by atoms with Gasteiger partial charge in [-0.2, -0.15) is 4.98 Å². The fourth-order valence-electron chi connectivity index (χ4n) is 2.47. The van der Waals surface area contributed by atoms with E-state index in [1.807, 2.05) is 25.1 Å². The molecule has 4 nitrogen and oxygen atoms in total. The zero-order valence-corrected chi connectivity index (χ0v) is 16.2. The van der Waals surface area contributed by atoms with Gasteiger partial charge in [-0.3, -0.25) is 0 Å². The van der Waals surface area contributed by atoms with Gasteiger partial charge in [0.15, 0.2) is 0 Å². The smallest absolute Gasteiger partial charge is 0.229 e. The Bertz CT molecular complexity index is 875. The summed E-state index contributed by atoms with van der Waals surface area (Å²) in [5, 5.41) is 6.65. The lowest BCUT2D eigenvalue weighted by atomic mass is 10.1. The summed E-state index contributed by atoms with van der Waals surface area (Å²) in [5.74, 6) is 1.40. The molecule has 3 rings (SSSR count). The molecule has 128 valence electrons. The lowest BCUT2D eigenvalue weighted by Gasteiger charge is -2.11. The molecule has 2 N–H and O–H groups in total. The van der Waals surface area contributed by atoms with Crippen LogP contribution in [0.2, 0.25) is 0 Å². The number of hydrogen-bond donors (Lipinski definition) is 2. The van der Waals surface area contributed by atoms with Crippen LogP contribution in [0.4, 0.5) is 17.5 Å². The Morgan fingerprint density at radius 1 is 0.920 bits per heavy atom. The highest BCUT2D eigenvalue weighted by Gasteiger charge is 2.04. The topological polar surface area (TPSA) is 49.8 Å². The molecule has 0 saturated heterocycles. The molecule has 0 fully saturated rings. The molecule has 0 saturated carbocycles. The average Bonchev–Trinajstić information content (AvgIpc) is 2.57. The number of hydrogen-bond acceptors (Lipinski definition) is 4. The average molecular weight is 397 g/mol. The predicted octanol–water partition coefficient (Wildman–Crippen LogP) is 5.52. The van der Waals surface area contributed by atoms with Gasteiger partial charge in [0.2, 0.25) is 5.95 Å². The fourth-order valence-corrected chi connectivity index (χ4v) is 2.71. The van der Waals surface area contributed by atoms with E-state index < -0.39 is 0 Å². The van der Waals surface area contributed by atoms with Gasteiger partial charge in [0.1, 0.15) is 5.82 Å². The highest BCUT2D eigenvalue weighted by atomic mass is 79.9. The summed E-state index contributed by atoms with van der Waals surface area (Å²) < 4.78 is 1.09. The first-order valence-corrected chi connectivity index (χ1v) is 8.97. The van der Waals surface area contributed by atoms with Gasteiger partial charge in [0.25, 0.3) is 0 Å². The molecule has 1 heterocycles. The normalized spacial score (nSPS) is 10.6. The molecule has 0 atom stereocenters. The van der Waals surface area contributed by atoms with Gasteiger partial charge in [0, 0.05) is 28.5 Å². The molecule has 0 amide bonds. The Morgan fingerprint density at radius 3 is 2.40 bits per heavy atom. The van der Waals surface area contributed by atoms with E-state index >= 15 is 0 Å². The van der Waals surface area contributed by atoms with Crippen LogP contribution in [0.15, 0.2) is 53.0 Å². The standard InChI is InChI=1S/C20H21BrN4/c1-13-4-6-16(7-5-13)12-22-19-11-15(3)23-20(25-19)24-17-8-9-18(21)14(2)10-17/h4-11H,12H2,1-3H3,(H2,22,23,24,25). The molecule has 0 bridgehead atoms. The van der Waals surface area contributed by atoms with Crippen molar-refractivity contribution < 1.29 is 0 Å². The monoisotopic (exact) mass is 396 g/mol. The third kappa shape index (κ3) is 4.79. The minimum absolute atomic E-state index is 0.591. The van der Waals surface area contributed by atoms with Gasteiger partial charge >= 0.3 is 0 Å². The zero-order valence-electron chi connectivity index (χ0n) is 14.6. The molecular formula is C20H21BrN4. The summed E-state index contributed by atoms with van der Waals surface area (Å²) in [4.78, 5) is 9.04. The molecule has 3 aromatic rings. The molecular weight excluding hydrogens is 376 g/mol. The van der Waals surface area contributed by atoms with E-state index in [0.717, 1.165) is 33.8 Å². The number of halogens is 1. The Morgan fingerprint density at radius 2 is 1.68 bits per heavy atom. The summed E-state index contributed by atoms with van der Waals surface area (Å²) in [6.07, 6.45) is 0. The molecule has 25 heavy (non-hydrogen) atoms. The summed E-state index contributed by atoms with van der Waals surface area (Å²) in [5.41, 5.74) is 5.53. The molecule has 0 spiro atoms. The maximum absolute atomic E-state index is 4.57. The Labute approximate surface area is 156 Å². The van der Waals surface area contributed by atoms with Crippen LogP contribution in [0.25, 0.3) is 0 Å². The first kappa shape index (κ1) is 17.4. The molecule has 0 aliphatic rings. The second-order valence-electron chi connectivity index (χ2n) is 6.15. The number of aryl methyl sites for hydroxylation is 3. The summed E-state index contributed by atoms with van der Waals surface area (Å²) in [6.45, 7) is 6.85. The highest BCUT2D eigenvalue weighted by molar-refractivity contribution is 9.10. The summed E-state index contributed by atoms with van der Waals surface area (Å²) in [7, 11) is 0. The molecule has 1 aromatic heterocycles. The Hall–Kier alpha value is -2.40. The van der Waals surface area contributed by atoms with E-state index in [0.29, 0.717) is 5.95 Å².